The second kappa shape index (κ2) is 8.67. The maximum Gasteiger partial charge on any atom is 0.342 e. The summed E-state index contributed by atoms with van der Waals surface area (Å²) in [5.74, 6) is -1.45. The molecule has 0 unspecified atom stereocenters. The largest absolute Gasteiger partial charge is 0.508 e. The fourth-order valence-electron chi connectivity index (χ4n) is 2.86. The summed E-state index contributed by atoms with van der Waals surface area (Å²) in [7, 11) is 1.57. The van der Waals surface area contributed by atoms with E-state index >= 15 is 0 Å². The molecule has 1 aromatic carbocycles. The summed E-state index contributed by atoms with van der Waals surface area (Å²) in [6.45, 7) is 1.76. The first kappa shape index (κ1) is 19.0. The molecular formula is C19H24O6. The number of hydrogen-bond acceptors (Lipinski definition) is 6. The Morgan fingerprint density at radius 3 is 2.68 bits per heavy atom. The van der Waals surface area contributed by atoms with Gasteiger partial charge in [-0.3, -0.25) is 4.79 Å². The van der Waals surface area contributed by atoms with Gasteiger partial charge in [0.05, 0.1) is 6.10 Å². The van der Waals surface area contributed by atoms with Crippen LogP contribution in [-0.2, 0) is 20.7 Å². The molecule has 6 heteroatoms. The van der Waals surface area contributed by atoms with Gasteiger partial charge < -0.3 is 19.7 Å². The smallest absolute Gasteiger partial charge is 0.342 e. The van der Waals surface area contributed by atoms with Crippen LogP contribution in [0.15, 0.2) is 24.3 Å². The molecule has 1 aliphatic rings. The van der Waals surface area contributed by atoms with E-state index in [2.05, 4.69) is 0 Å². The highest BCUT2D eigenvalue weighted by Gasteiger charge is 2.23. The number of rotatable bonds is 1. The number of aromatic hydroxyl groups is 2. The van der Waals surface area contributed by atoms with Gasteiger partial charge in [-0.1, -0.05) is 12.2 Å². The molecule has 0 fully saturated rings. The van der Waals surface area contributed by atoms with E-state index in [0.29, 0.717) is 12.8 Å². The SMILES string of the molecule is CO[C@@H]1CC/C=C\C[C@@H](C)OC(=O)c2c(O)cc(O)cc2CC(=O)C1. The number of esters is 1. The van der Waals surface area contributed by atoms with Crippen LogP contribution >= 0.6 is 0 Å². The Bertz CT molecular complexity index is 664. The van der Waals surface area contributed by atoms with Gasteiger partial charge in [0.25, 0.3) is 0 Å². The van der Waals surface area contributed by atoms with Crippen LogP contribution in [0.2, 0.25) is 0 Å². The monoisotopic (exact) mass is 348 g/mol. The molecule has 6 nitrogen and oxygen atoms in total. The van der Waals surface area contributed by atoms with E-state index in [9.17, 15) is 19.8 Å². The van der Waals surface area contributed by atoms with E-state index < -0.39 is 11.7 Å². The van der Waals surface area contributed by atoms with Gasteiger partial charge in [-0.25, -0.2) is 4.79 Å². The number of methoxy groups -OCH3 is 1. The zero-order valence-electron chi connectivity index (χ0n) is 14.5. The maximum absolute atomic E-state index is 12.4. The Balaban J connectivity index is 2.37. The van der Waals surface area contributed by atoms with Crippen molar-refractivity contribution in [2.45, 2.75) is 51.2 Å². The topological polar surface area (TPSA) is 93.1 Å². The molecule has 1 heterocycles. The highest BCUT2D eigenvalue weighted by atomic mass is 16.5. The zero-order chi connectivity index (χ0) is 18.4. The third kappa shape index (κ3) is 5.32. The molecule has 2 rings (SSSR count). The zero-order valence-corrected chi connectivity index (χ0v) is 14.5. The van der Waals surface area contributed by atoms with Crippen LogP contribution in [0, 0.1) is 0 Å². The average molecular weight is 348 g/mol. The number of ether oxygens (including phenoxy) is 2. The molecule has 0 saturated heterocycles. The lowest BCUT2D eigenvalue weighted by Gasteiger charge is -2.17. The number of Topliss-reactive ketones (excluding diaryl/α,β-unsaturated/α-hetero) is 1. The normalized spacial score (nSPS) is 24.1. The molecule has 0 amide bonds. The van der Waals surface area contributed by atoms with E-state index in [0.717, 1.165) is 12.5 Å². The maximum atomic E-state index is 12.4. The van der Waals surface area contributed by atoms with Crippen molar-refractivity contribution in [3.8, 4) is 11.5 Å². The van der Waals surface area contributed by atoms with Crippen molar-refractivity contribution < 1.29 is 29.3 Å². The second-order valence-electron chi connectivity index (χ2n) is 6.28. The lowest BCUT2D eigenvalue weighted by atomic mass is 9.97. The van der Waals surface area contributed by atoms with Crippen LogP contribution in [-0.4, -0.2) is 41.3 Å². The molecule has 2 N–H and O–H groups in total. The number of cyclic esters (lactones) is 1. The molecule has 136 valence electrons. The van der Waals surface area contributed by atoms with Gasteiger partial charge in [-0.2, -0.15) is 0 Å². The minimum absolute atomic E-state index is 0.0759. The summed E-state index contributed by atoms with van der Waals surface area (Å²) in [5, 5.41) is 19.8. The first-order valence-electron chi connectivity index (χ1n) is 8.36. The van der Waals surface area contributed by atoms with Crippen molar-refractivity contribution in [3.63, 3.8) is 0 Å². The van der Waals surface area contributed by atoms with E-state index in [1.165, 1.54) is 6.07 Å². The average Bonchev–Trinajstić information content (AvgIpc) is 2.51. The Morgan fingerprint density at radius 1 is 1.20 bits per heavy atom. The van der Waals surface area contributed by atoms with Crippen LogP contribution in [0.25, 0.3) is 0 Å². The Labute approximate surface area is 147 Å². The number of fused-ring (bicyclic) bond motifs is 1. The first-order chi connectivity index (χ1) is 11.9. The number of hydrogen-bond donors (Lipinski definition) is 2. The van der Waals surface area contributed by atoms with Gasteiger partial charge in [0.15, 0.2) is 0 Å². The number of allylic oxidation sites excluding steroid dienone is 1. The summed E-state index contributed by atoms with van der Waals surface area (Å²) < 4.78 is 10.7. The number of carbonyl (C=O) groups excluding carboxylic acids is 2. The molecule has 0 aliphatic carbocycles. The van der Waals surface area contributed by atoms with Gasteiger partial charge in [0.2, 0.25) is 0 Å². The standard InChI is InChI=1S/C19H24O6/c1-12-6-4-3-5-7-16(24-2)10-14(20)8-13-9-15(21)11-17(22)18(13)19(23)25-12/h3-4,9,11-12,16,21-22H,5-8,10H2,1-2H3/b4-3-/t12-,16-/m1/s1. The second-order valence-corrected chi connectivity index (χ2v) is 6.28. The predicted molar refractivity (Wildman–Crippen MR) is 91.8 cm³/mol. The fraction of sp³-hybridized carbons (Fsp3) is 0.474. The van der Waals surface area contributed by atoms with Gasteiger partial charge in [0.1, 0.15) is 28.9 Å². The van der Waals surface area contributed by atoms with Crippen molar-refractivity contribution in [3.05, 3.63) is 35.4 Å². The van der Waals surface area contributed by atoms with Crippen LogP contribution in [0.5, 0.6) is 11.5 Å². The van der Waals surface area contributed by atoms with Crippen molar-refractivity contribution >= 4 is 11.8 Å². The molecular weight excluding hydrogens is 324 g/mol. The highest BCUT2D eigenvalue weighted by Crippen LogP contribution is 2.29. The molecule has 0 bridgehead atoms. The summed E-state index contributed by atoms with van der Waals surface area (Å²) in [4.78, 5) is 24.8. The quantitative estimate of drug-likeness (QED) is 0.599. The number of ketones is 1. The van der Waals surface area contributed by atoms with Gasteiger partial charge >= 0.3 is 5.97 Å². The minimum Gasteiger partial charge on any atom is -0.508 e. The van der Waals surface area contributed by atoms with Gasteiger partial charge in [-0.15, -0.1) is 0 Å². The lowest BCUT2D eigenvalue weighted by Crippen LogP contribution is -2.20. The molecule has 0 saturated carbocycles. The molecule has 0 aromatic heterocycles. The van der Waals surface area contributed by atoms with Crippen LogP contribution in [0.3, 0.4) is 0 Å². The Morgan fingerprint density at radius 2 is 1.96 bits per heavy atom. The summed E-state index contributed by atoms with van der Waals surface area (Å²) in [6.07, 6.45) is 5.47. The Hall–Kier alpha value is -2.34. The molecule has 2 atom stereocenters. The van der Waals surface area contributed by atoms with E-state index in [4.69, 9.17) is 9.47 Å². The summed E-state index contributed by atoms with van der Waals surface area (Å²) in [5.41, 5.74) is 0.176. The third-order valence-corrected chi connectivity index (χ3v) is 4.16. The van der Waals surface area contributed by atoms with Crippen molar-refractivity contribution in [1.82, 2.24) is 0 Å². The van der Waals surface area contributed by atoms with E-state index in [1.54, 1.807) is 14.0 Å². The predicted octanol–water partition coefficient (Wildman–Crippen LogP) is 2.90. The molecule has 0 spiro atoms. The highest BCUT2D eigenvalue weighted by molar-refractivity contribution is 5.96. The third-order valence-electron chi connectivity index (χ3n) is 4.16. The lowest BCUT2D eigenvalue weighted by molar-refractivity contribution is -0.120. The van der Waals surface area contributed by atoms with Crippen molar-refractivity contribution in [2.24, 2.45) is 0 Å². The van der Waals surface area contributed by atoms with Gasteiger partial charge in [-0.05, 0) is 31.4 Å². The van der Waals surface area contributed by atoms with Crippen LogP contribution < -0.4 is 0 Å². The van der Waals surface area contributed by atoms with Crippen molar-refractivity contribution in [2.75, 3.05) is 7.11 Å². The number of phenols is 2. The van der Waals surface area contributed by atoms with Crippen LogP contribution in [0.4, 0.5) is 0 Å². The molecule has 0 radical (unpaired) electrons. The fourth-order valence-corrected chi connectivity index (χ4v) is 2.86. The minimum atomic E-state index is -0.707. The molecule has 1 aliphatic heterocycles. The molecule has 1 aromatic rings. The number of benzene rings is 1. The first-order valence-corrected chi connectivity index (χ1v) is 8.36. The van der Waals surface area contributed by atoms with E-state index in [-0.39, 0.29) is 47.7 Å². The summed E-state index contributed by atoms with van der Waals surface area (Å²) >= 11 is 0. The molecule has 25 heavy (non-hydrogen) atoms. The van der Waals surface area contributed by atoms with Crippen LogP contribution in [0.1, 0.15) is 48.5 Å². The Kier molecular flexibility index (Phi) is 6.58. The summed E-state index contributed by atoms with van der Waals surface area (Å²) in [6, 6.07) is 2.38. The van der Waals surface area contributed by atoms with Crippen molar-refractivity contribution in [1.29, 1.82) is 0 Å². The number of phenolic OH excluding ortho intramolecular Hbond substituents is 2. The van der Waals surface area contributed by atoms with E-state index in [1.807, 2.05) is 12.2 Å². The number of carbonyl (C=O) groups is 2. The van der Waals surface area contributed by atoms with Gasteiger partial charge in [0, 0.05) is 32.4 Å².